The first-order chi connectivity index (χ1) is 11.1. The molecule has 0 aliphatic heterocycles. The number of esters is 1. The van der Waals surface area contributed by atoms with Crippen LogP contribution in [0.15, 0.2) is 35.2 Å². The molecule has 0 radical (unpaired) electrons. The summed E-state index contributed by atoms with van der Waals surface area (Å²) in [5.41, 5.74) is 0. The van der Waals surface area contributed by atoms with Crippen molar-refractivity contribution < 1.29 is 14.3 Å². The predicted molar refractivity (Wildman–Crippen MR) is 92.3 cm³/mol. The molecule has 0 spiro atoms. The van der Waals surface area contributed by atoms with Gasteiger partial charge in [-0.3, -0.25) is 9.59 Å². The molecule has 4 nitrogen and oxygen atoms in total. The Morgan fingerprint density at radius 1 is 1.26 bits per heavy atom. The molecular formula is C18H25NO3S. The maximum Gasteiger partial charge on any atom is 0.317 e. The number of hydrogen-bond donors (Lipinski definition) is 1. The van der Waals surface area contributed by atoms with E-state index in [0.717, 1.165) is 24.2 Å². The van der Waals surface area contributed by atoms with Crippen LogP contribution in [0.4, 0.5) is 0 Å². The largest absolute Gasteiger partial charge is 0.452 e. The van der Waals surface area contributed by atoms with E-state index in [1.54, 1.807) is 6.92 Å². The van der Waals surface area contributed by atoms with E-state index in [-0.39, 0.29) is 23.7 Å². The van der Waals surface area contributed by atoms with Crippen molar-refractivity contribution in [2.24, 2.45) is 5.92 Å². The fourth-order valence-electron chi connectivity index (χ4n) is 2.77. The number of ether oxygens (including phenoxy) is 1. The monoisotopic (exact) mass is 335 g/mol. The van der Waals surface area contributed by atoms with E-state index >= 15 is 0 Å². The van der Waals surface area contributed by atoms with E-state index in [2.05, 4.69) is 12.2 Å². The molecule has 1 amide bonds. The van der Waals surface area contributed by atoms with E-state index in [1.807, 2.05) is 30.3 Å². The topological polar surface area (TPSA) is 55.4 Å². The number of carbonyl (C=O) groups excluding carboxylic acids is 2. The average Bonchev–Trinajstić information content (AvgIpc) is 2.56. The maximum absolute atomic E-state index is 12.2. The van der Waals surface area contributed by atoms with Crippen molar-refractivity contribution in [1.82, 2.24) is 5.32 Å². The second kappa shape index (κ2) is 8.96. The van der Waals surface area contributed by atoms with Crippen LogP contribution < -0.4 is 5.32 Å². The number of hydrogen-bond acceptors (Lipinski definition) is 4. The highest BCUT2D eigenvalue weighted by molar-refractivity contribution is 8.00. The number of nitrogens with one attached hydrogen (secondary N) is 1. The molecule has 23 heavy (non-hydrogen) atoms. The van der Waals surface area contributed by atoms with Crippen LogP contribution in [0.3, 0.4) is 0 Å². The molecule has 1 aromatic rings. The second-order valence-electron chi connectivity index (χ2n) is 6.11. The molecular weight excluding hydrogens is 310 g/mol. The minimum absolute atomic E-state index is 0.193. The van der Waals surface area contributed by atoms with Gasteiger partial charge in [-0.05, 0) is 37.8 Å². The number of carbonyl (C=O) groups is 2. The van der Waals surface area contributed by atoms with E-state index in [1.165, 1.54) is 18.2 Å². The molecule has 0 heterocycles. The first-order valence-electron chi connectivity index (χ1n) is 8.24. The third-order valence-corrected chi connectivity index (χ3v) is 5.20. The van der Waals surface area contributed by atoms with Gasteiger partial charge in [-0.2, -0.15) is 0 Å². The summed E-state index contributed by atoms with van der Waals surface area (Å²) in [6, 6.07) is 9.87. The van der Waals surface area contributed by atoms with Crippen molar-refractivity contribution in [3.05, 3.63) is 30.3 Å². The highest BCUT2D eigenvalue weighted by atomic mass is 32.2. The lowest BCUT2D eigenvalue weighted by Crippen LogP contribution is -2.46. The van der Waals surface area contributed by atoms with Crippen LogP contribution in [0.1, 0.15) is 39.5 Å². The van der Waals surface area contributed by atoms with Crippen LogP contribution in [0.25, 0.3) is 0 Å². The first kappa shape index (κ1) is 17.9. The second-order valence-corrected chi connectivity index (χ2v) is 7.16. The zero-order valence-corrected chi connectivity index (χ0v) is 14.6. The molecule has 5 heteroatoms. The number of benzene rings is 1. The van der Waals surface area contributed by atoms with Gasteiger partial charge in [0.2, 0.25) is 0 Å². The number of amides is 1. The van der Waals surface area contributed by atoms with Crippen LogP contribution >= 0.6 is 11.8 Å². The average molecular weight is 335 g/mol. The minimum atomic E-state index is -0.743. The van der Waals surface area contributed by atoms with Crippen LogP contribution in [0.5, 0.6) is 0 Å². The molecule has 1 saturated carbocycles. The smallest absolute Gasteiger partial charge is 0.317 e. The summed E-state index contributed by atoms with van der Waals surface area (Å²) in [4.78, 5) is 25.0. The van der Waals surface area contributed by atoms with E-state index in [9.17, 15) is 9.59 Å². The summed E-state index contributed by atoms with van der Waals surface area (Å²) < 4.78 is 5.24. The molecule has 1 aromatic carbocycles. The van der Waals surface area contributed by atoms with Gasteiger partial charge in [-0.25, -0.2) is 0 Å². The van der Waals surface area contributed by atoms with Gasteiger partial charge in [0.1, 0.15) is 0 Å². The molecule has 126 valence electrons. The SMILES string of the molecule is C[C@H](OC(=O)CSc1ccccc1)C(=O)N[C@@H]1CCCC[C@@H]1C. The van der Waals surface area contributed by atoms with Crippen molar-refractivity contribution >= 4 is 23.6 Å². The predicted octanol–water partition coefficient (Wildman–Crippen LogP) is 3.41. The summed E-state index contributed by atoms with van der Waals surface area (Å²) >= 11 is 1.41. The molecule has 0 aromatic heterocycles. The van der Waals surface area contributed by atoms with E-state index < -0.39 is 6.10 Å². The zero-order valence-electron chi connectivity index (χ0n) is 13.8. The van der Waals surface area contributed by atoms with Gasteiger partial charge >= 0.3 is 5.97 Å². The van der Waals surface area contributed by atoms with E-state index in [0.29, 0.717) is 5.92 Å². The third kappa shape index (κ3) is 5.90. The normalized spacial score (nSPS) is 22.2. The maximum atomic E-state index is 12.2. The number of rotatable bonds is 6. The van der Waals surface area contributed by atoms with Gasteiger partial charge in [0, 0.05) is 10.9 Å². The van der Waals surface area contributed by atoms with Crippen molar-refractivity contribution in [3.8, 4) is 0 Å². The van der Waals surface area contributed by atoms with Crippen LogP contribution in [-0.4, -0.2) is 29.8 Å². The first-order valence-corrected chi connectivity index (χ1v) is 9.22. The van der Waals surface area contributed by atoms with Crippen LogP contribution in [0.2, 0.25) is 0 Å². The minimum Gasteiger partial charge on any atom is -0.452 e. The molecule has 1 aliphatic rings. The standard InChI is InChI=1S/C18H25NO3S/c1-13-8-6-7-11-16(13)19-18(21)14(2)22-17(20)12-23-15-9-4-3-5-10-15/h3-5,9-10,13-14,16H,6-8,11-12H2,1-2H3,(H,19,21)/t13-,14-,16+/m0/s1. The molecule has 1 aliphatic carbocycles. The summed E-state index contributed by atoms with van der Waals surface area (Å²) in [5.74, 6) is 0.144. The molecule has 1 N–H and O–H groups in total. The van der Waals surface area contributed by atoms with Gasteiger partial charge in [-0.1, -0.05) is 38.0 Å². The molecule has 1 fully saturated rings. The summed E-state index contributed by atoms with van der Waals surface area (Å²) in [6.45, 7) is 3.80. The van der Waals surface area contributed by atoms with Gasteiger partial charge < -0.3 is 10.1 Å². The zero-order chi connectivity index (χ0) is 16.7. The van der Waals surface area contributed by atoms with Crippen molar-refractivity contribution in [2.45, 2.75) is 56.6 Å². The van der Waals surface area contributed by atoms with Crippen LogP contribution in [-0.2, 0) is 14.3 Å². The Kier molecular flexibility index (Phi) is 6.96. The molecule has 3 atom stereocenters. The van der Waals surface area contributed by atoms with Gasteiger partial charge in [0.25, 0.3) is 5.91 Å². The Balaban J connectivity index is 1.73. The quantitative estimate of drug-likeness (QED) is 0.639. The summed E-state index contributed by atoms with van der Waals surface area (Å²) in [5, 5.41) is 3.02. The fraction of sp³-hybridized carbons (Fsp3) is 0.556. The van der Waals surface area contributed by atoms with Crippen LogP contribution in [0, 0.1) is 5.92 Å². The Morgan fingerprint density at radius 3 is 2.65 bits per heavy atom. The van der Waals surface area contributed by atoms with Gasteiger partial charge in [0.15, 0.2) is 6.10 Å². The Labute approximate surface area is 142 Å². The highest BCUT2D eigenvalue weighted by Gasteiger charge is 2.26. The molecule has 0 saturated heterocycles. The highest BCUT2D eigenvalue weighted by Crippen LogP contribution is 2.24. The van der Waals surface area contributed by atoms with E-state index in [4.69, 9.17) is 4.74 Å². The lowest BCUT2D eigenvalue weighted by atomic mass is 9.86. The van der Waals surface area contributed by atoms with Crippen molar-refractivity contribution in [3.63, 3.8) is 0 Å². The Bertz CT molecular complexity index is 520. The number of thioether (sulfide) groups is 1. The Hall–Kier alpha value is -1.49. The van der Waals surface area contributed by atoms with Gasteiger partial charge in [-0.15, -0.1) is 11.8 Å². The summed E-state index contributed by atoms with van der Waals surface area (Å²) in [6.07, 6.45) is 3.80. The fourth-order valence-corrected chi connectivity index (χ4v) is 3.48. The molecule has 0 unspecified atom stereocenters. The van der Waals surface area contributed by atoms with Crippen molar-refractivity contribution in [2.75, 3.05) is 5.75 Å². The van der Waals surface area contributed by atoms with Gasteiger partial charge in [0.05, 0.1) is 5.75 Å². The lowest BCUT2D eigenvalue weighted by Gasteiger charge is -2.30. The summed E-state index contributed by atoms with van der Waals surface area (Å²) in [7, 11) is 0. The Morgan fingerprint density at radius 2 is 1.96 bits per heavy atom. The molecule has 0 bridgehead atoms. The molecule has 2 rings (SSSR count). The van der Waals surface area contributed by atoms with Crippen molar-refractivity contribution in [1.29, 1.82) is 0 Å². The lowest BCUT2D eigenvalue weighted by molar-refractivity contribution is -0.152. The third-order valence-electron chi connectivity index (χ3n) is 4.22.